The van der Waals surface area contributed by atoms with Gasteiger partial charge in [-0.3, -0.25) is 14.4 Å². The summed E-state index contributed by atoms with van der Waals surface area (Å²) in [5.74, 6) is -0.877. The van der Waals surface area contributed by atoms with E-state index in [-0.39, 0.29) is 31.1 Å². The SMILES string of the molecule is CCCCC/C=C\C/C=C\C/C=C\CCCCCCCCC(=O)OC[C@@H](COC(=O)CCCCCCCCCCCCCCCC)OC(=O)CCCCCCCCC/C=C\CCCCCCCC. The fraction of sp³-hybridized carbons (Fsp3) is 0.823. The summed E-state index contributed by atoms with van der Waals surface area (Å²) in [5, 5.41) is 0. The van der Waals surface area contributed by atoms with Gasteiger partial charge in [-0.05, 0) is 83.5 Å². The molecule has 6 nitrogen and oxygen atoms in total. The lowest BCUT2D eigenvalue weighted by molar-refractivity contribution is -0.167. The maximum Gasteiger partial charge on any atom is 0.306 e. The zero-order chi connectivity index (χ0) is 49.3. The van der Waals surface area contributed by atoms with E-state index in [1.165, 1.54) is 193 Å². The van der Waals surface area contributed by atoms with Gasteiger partial charge in [0, 0.05) is 19.3 Å². The molecule has 0 aromatic rings. The van der Waals surface area contributed by atoms with Crippen LogP contribution >= 0.6 is 0 Å². The van der Waals surface area contributed by atoms with Crippen molar-refractivity contribution in [1.82, 2.24) is 0 Å². The van der Waals surface area contributed by atoms with Gasteiger partial charge in [-0.2, -0.15) is 0 Å². The summed E-state index contributed by atoms with van der Waals surface area (Å²) >= 11 is 0. The fourth-order valence-corrected chi connectivity index (χ4v) is 8.56. The molecule has 0 rings (SSSR count). The Morgan fingerprint density at radius 3 is 0.868 bits per heavy atom. The average Bonchev–Trinajstić information content (AvgIpc) is 3.34. The summed E-state index contributed by atoms with van der Waals surface area (Å²) in [6, 6.07) is 0. The van der Waals surface area contributed by atoms with Crippen molar-refractivity contribution in [3.8, 4) is 0 Å². The van der Waals surface area contributed by atoms with E-state index in [1.807, 2.05) is 0 Å². The van der Waals surface area contributed by atoms with Gasteiger partial charge in [0.1, 0.15) is 13.2 Å². The van der Waals surface area contributed by atoms with Crippen LogP contribution in [-0.2, 0) is 28.6 Å². The molecule has 0 radical (unpaired) electrons. The second kappa shape index (κ2) is 57.0. The van der Waals surface area contributed by atoms with Crippen molar-refractivity contribution in [1.29, 1.82) is 0 Å². The molecule has 0 aromatic heterocycles. The number of hydrogen-bond acceptors (Lipinski definition) is 6. The van der Waals surface area contributed by atoms with Gasteiger partial charge >= 0.3 is 17.9 Å². The van der Waals surface area contributed by atoms with Crippen molar-refractivity contribution in [2.45, 2.75) is 316 Å². The molecular formula is C62H112O6. The molecular weight excluding hydrogens is 841 g/mol. The summed E-state index contributed by atoms with van der Waals surface area (Å²) in [6.07, 6.45) is 69.5. The molecule has 6 heteroatoms. The van der Waals surface area contributed by atoms with E-state index in [2.05, 4.69) is 69.4 Å². The first kappa shape index (κ1) is 65.4. The molecule has 0 spiro atoms. The number of hydrogen-bond donors (Lipinski definition) is 0. The predicted octanol–water partition coefficient (Wildman–Crippen LogP) is 19.8. The van der Waals surface area contributed by atoms with Gasteiger partial charge in [0.15, 0.2) is 6.10 Å². The van der Waals surface area contributed by atoms with Crippen LogP contribution < -0.4 is 0 Å². The molecule has 396 valence electrons. The Morgan fingerprint density at radius 2 is 0.529 bits per heavy atom. The summed E-state index contributed by atoms with van der Waals surface area (Å²) < 4.78 is 16.9. The number of esters is 3. The summed E-state index contributed by atoms with van der Waals surface area (Å²) in [5.41, 5.74) is 0. The van der Waals surface area contributed by atoms with Crippen LogP contribution in [0, 0.1) is 0 Å². The molecule has 68 heavy (non-hydrogen) atoms. The van der Waals surface area contributed by atoms with Crippen LogP contribution in [0.4, 0.5) is 0 Å². The van der Waals surface area contributed by atoms with Crippen LogP contribution in [0.3, 0.4) is 0 Å². The van der Waals surface area contributed by atoms with Crippen LogP contribution in [0.15, 0.2) is 48.6 Å². The highest BCUT2D eigenvalue weighted by Crippen LogP contribution is 2.16. The van der Waals surface area contributed by atoms with Crippen LogP contribution in [0.1, 0.15) is 310 Å². The van der Waals surface area contributed by atoms with Crippen LogP contribution in [-0.4, -0.2) is 37.2 Å². The second-order valence-electron chi connectivity index (χ2n) is 19.9. The van der Waals surface area contributed by atoms with Gasteiger partial charge in [0.05, 0.1) is 0 Å². The average molecular weight is 954 g/mol. The molecule has 0 unspecified atom stereocenters. The maximum atomic E-state index is 12.9. The largest absolute Gasteiger partial charge is 0.462 e. The van der Waals surface area contributed by atoms with Gasteiger partial charge in [-0.25, -0.2) is 0 Å². The van der Waals surface area contributed by atoms with E-state index in [0.717, 1.165) is 77.0 Å². The third-order valence-corrected chi connectivity index (χ3v) is 13.1. The number of unbranched alkanes of at least 4 members (excludes halogenated alkanes) is 35. The smallest absolute Gasteiger partial charge is 0.306 e. The summed E-state index contributed by atoms with van der Waals surface area (Å²) in [4.78, 5) is 38.2. The molecule has 0 aromatic carbocycles. The van der Waals surface area contributed by atoms with Crippen molar-refractivity contribution >= 4 is 17.9 Å². The van der Waals surface area contributed by atoms with Crippen molar-refractivity contribution in [2.24, 2.45) is 0 Å². The van der Waals surface area contributed by atoms with Crippen molar-refractivity contribution in [3.05, 3.63) is 48.6 Å². The van der Waals surface area contributed by atoms with Crippen LogP contribution in [0.25, 0.3) is 0 Å². The molecule has 0 fully saturated rings. The second-order valence-corrected chi connectivity index (χ2v) is 19.9. The minimum atomic E-state index is -0.779. The Bertz CT molecular complexity index is 1190. The van der Waals surface area contributed by atoms with E-state index in [9.17, 15) is 14.4 Å². The molecule has 0 bridgehead atoms. The third kappa shape index (κ3) is 54.3. The molecule has 0 saturated heterocycles. The molecule has 0 saturated carbocycles. The topological polar surface area (TPSA) is 78.9 Å². The lowest BCUT2D eigenvalue weighted by atomic mass is 10.0. The predicted molar refractivity (Wildman–Crippen MR) is 293 cm³/mol. The van der Waals surface area contributed by atoms with Crippen molar-refractivity contribution in [3.63, 3.8) is 0 Å². The summed E-state index contributed by atoms with van der Waals surface area (Å²) in [7, 11) is 0. The van der Waals surface area contributed by atoms with E-state index < -0.39 is 6.10 Å². The van der Waals surface area contributed by atoms with Gasteiger partial charge in [0.2, 0.25) is 0 Å². The molecule has 0 N–H and O–H groups in total. The molecule has 0 aliphatic heterocycles. The Morgan fingerprint density at radius 1 is 0.294 bits per heavy atom. The molecule has 0 aliphatic carbocycles. The number of ether oxygens (including phenoxy) is 3. The Balaban J connectivity index is 4.37. The first-order valence-electron chi connectivity index (χ1n) is 29.6. The highest BCUT2D eigenvalue weighted by molar-refractivity contribution is 5.71. The Hall–Kier alpha value is -2.63. The number of rotatable bonds is 54. The highest BCUT2D eigenvalue weighted by atomic mass is 16.6. The molecule has 1 atom stereocenters. The van der Waals surface area contributed by atoms with Crippen molar-refractivity contribution in [2.75, 3.05) is 13.2 Å². The molecule has 0 amide bonds. The van der Waals surface area contributed by atoms with Gasteiger partial charge < -0.3 is 14.2 Å². The van der Waals surface area contributed by atoms with E-state index in [0.29, 0.717) is 19.3 Å². The molecule has 0 heterocycles. The van der Waals surface area contributed by atoms with E-state index in [4.69, 9.17) is 14.2 Å². The normalized spacial score (nSPS) is 12.3. The minimum absolute atomic E-state index is 0.0760. The lowest BCUT2D eigenvalue weighted by Crippen LogP contribution is -2.30. The lowest BCUT2D eigenvalue weighted by Gasteiger charge is -2.18. The Labute approximate surface area is 422 Å². The quantitative estimate of drug-likeness (QED) is 0.0262. The van der Waals surface area contributed by atoms with Gasteiger partial charge in [-0.1, -0.05) is 256 Å². The first-order chi connectivity index (χ1) is 33.5. The zero-order valence-corrected chi connectivity index (χ0v) is 45.4. The number of allylic oxidation sites excluding steroid dienone is 8. The van der Waals surface area contributed by atoms with Gasteiger partial charge in [-0.15, -0.1) is 0 Å². The Kier molecular flexibility index (Phi) is 54.8. The van der Waals surface area contributed by atoms with Gasteiger partial charge in [0.25, 0.3) is 0 Å². The van der Waals surface area contributed by atoms with Crippen LogP contribution in [0.5, 0.6) is 0 Å². The van der Waals surface area contributed by atoms with E-state index >= 15 is 0 Å². The van der Waals surface area contributed by atoms with E-state index in [1.54, 1.807) is 0 Å². The van der Waals surface area contributed by atoms with Crippen LogP contribution in [0.2, 0.25) is 0 Å². The zero-order valence-electron chi connectivity index (χ0n) is 45.4. The standard InChI is InChI=1S/C62H112O6/c1-4-7-10-13-16-19-22-25-28-30-31-33-34-37-40-43-46-49-52-55-61(64)67-58-59(57-66-60(63)54-51-48-45-42-39-36-27-24-21-18-15-12-9-6-3)68-62(65)56-53-50-47-44-41-38-35-32-29-26-23-20-17-14-11-8-5-2/h16,19,25-26,28-29,31,33,59H,4-15,17-18,20-24,27,30,32,34-58H2,1-3H3/b19-16-,28-25-,29-26-,33-31-/t59-/m1/s1. The van der Waals surface area contributed by atoms with Crippen molar-refractivity contribution < 1.29 is 28.6 Å². The monoisotopic (exact) mass is 953 g/mol. The first-order valence-corrected chi connectivity index (χ1v) is 29.6. The summed E-state index contributed by atoms with van der Waals surface area (Å²) in [6.45, 7) is 6.63. The molecule has 0 aliphatic rings. The maximum absolute atomic E-state index is 12.9. The number of carbonyl (C=O) groups is 3. The highest BCUT2D eigenvalue weighted by Gasteiger charge is 2.19. The number of carbonyl (C=O) groups excluding carboxylic acids is 3. The fourth-order valence-electron chi connectivity index (χ4n) is 8.56. The minimum Gasteiger partial charge on any atom is -0.462 e. The third-order valence-electron chi connectivity index (χ3n) is 13.1.